The zero-order valence-electron chi connectivity index (χ0n) is 16.6. The van der Waals surface area contributed by atoms with Gasteiger partial charge >= 0.3 is 0 Å². The monoisotopic (exact) mass is 483 g/mol. The molecule has 0 aliphatic rings. The molecular formula is C20H30IN5O. The molecule has 1 amide bonds. The summed E-state index contributed by atoms with van der Waals surface area (Å²) in [5.41, 5.74) is 4.70. The molecule has 0 spiro atoms. The summed E-state index contributed by atoms with van der Waals surface area (Å²) in [5, 5.41) is 7.75. The molecule has 148 valence electrons. The first-order valence-corrected chi connectivity index (χ1v) is 8.80. The molecule has 3 N–H and O–H groups in total. The predicted molar refractivity (Wildman–Crippen MR) is 124 cm³/mol. The molecule has 0 saturated heterocycles. The van der Waals surface area contributed by atoms with E-state index in [4.69, 9.17) is 0 Å². The van der Waals surface area contributed by atoms with E-state index >= 15 is 0 Å². The van der Waals surface area contributed by atoms with Gasteiger partial charge in [-0.2, -0.15) is 0 Å². The average Bonchev–Trinajstić information content (AvgIpc) is 3.00. The summed E-state index contributed by atoms with van der Waals surface area (Å²) >= 11 is 0. The molecule has 0 unspecified atom stereocenters. The molecular weight excluding hydrogens is 453 g/mol. The molecule has 1 heterocycles. The minimum atomic E-state index is -0.0338. The summed E-state index contributed by atoms with van der Waals surface area (Å²) < 4.78 is 0. The summed E-state index contributed by atoms with van der Waals surface area (Å²) in [6.07, 6.45) is 2.92. The topological polar surface area (TPSA) is 72.5 Å². The van der Waals surface area contributed by atoms with Crippen LogP contribution in [0.4, 0.5) is 0 Å². The largest absolute Gasteiger partial charge is 0.361 e. The normalized spacial score (nSPS) is 11.0. The molecule has 1 aromatic heterocycles. The lowest BCUT2D eigenvalue weighted by Crippen LogP contribution is -2.40. The summed E-state index contributed by atoms with van der Waals surface area (Å²) in [5.74, 6) is 0.591. The van der Waals surface area contributed by atoms with Gasteiger partial charge in [0.15, 0.2) is 5.96 Å². The van der Waals surface area contributed by atoms with Crippen LogP contribution in [0.5, 0.6) is 0 Å². The Morgan fingerprint density at radius 3 is 2.70 bits per heavy atom. The van der Waals surface area contributed by atoms with Crippen LogP contribution in [0, 0.1) is 6.92 Å². The molecule has 0 aliphatic carbocycles. The highest BCUT2D eigenvalue weighted by molar-refractivity contribution is 14.0. The number of H-pyrrole nitrogens is 1. The molecule has 2 rings (SSSR count). The maximum atomic E-state index is 11.8. The SMILES string of the molecule is C=C(C)CNC(=NCC(=O)N(C)C)NCCc1c[nH]c2c(C)cccc12.I. The van der Waals surface area contributed by atoms with Crippen molar-refractivity contribution >= 4 is 46.7 Å². The van der Waals surface area contributed by atoms with Crippen LogP contribution in [-0.2, 0) is 11.2 Å². The Balaban J connectivity index is 0.00000364. The van der Waals surface area contributed by atoms with Crippen LogP contribution in [0.2, 0.25) is 0 Å². The van der Waals surface area contributed by atoms with Crippen LogP contribution >= 0.6 is 24.0 Å². The van der Waals surface area contributed by atoms with Crippen molar-refractivity contribution in [3.63, 3.8) is 0 Å². The van der Waals surface area contributed by atoms with Crippen LogP contribution in [0.15, 0.2) is 41.5 Å². The highest BCUT2D eigenvalue weighted by Gasteiger charge is 2.07. The van der Waals surface area contributed by atoms with E-state index in [9.17, 15) is 4.79 Å². The third-order valence-electron chi connectivity index (χ3n) is 4.13. The van der Waals surface area contributed by atoms with Crippen molar-refractivity contribution in [2.75, 3.05) is 33.7 Å². The Morgan fingerprint density at radius 1 is 1.30 bits per heavy atom. The second-order valence-electron chi connectivity index (χ2n) is 6.75. The van der Waals surface area contributed by atoms with Crippen LogP contribution in [-0.4, -0.2) is 55.5 Å². The fraction of sp³-hybridized carbons (Fsp3) is 0.400. The Bertz CT molecular complexity index is 810. The molecule has 27 heavy (non-hydrogen) atoms. The van der Waals surface area contributed by atoms with Gasteiger partial charge in [0.2, 0.25) is 5.91 Å². The first kappa shape index (κ1) is 23.0. The van der Waals surface area contributed by atoms with Gasteiger partial charge in [-0.25, -0.2) is 4.99 Å². The van der Waals surface area contributed by atoms with Crippen molar-refractivity contribution in [3.05, 3.63) is 47.7 Å². The summed E-state index contributed by atoms with van der Waals surface area (Å²) in [7, 11) is 3.45. The Hall–Kier alpha value is -2.03. The lowest BCUT2D eigenvalue weighted by Gasteiger charge is -2.13. The van der Waals surface area contributed by atoms with Gasteiger partial charge in [0.05, 0.1) is 0 Å². The van der Waals surface area contributed by atoms with Crippen LogP contribution in [0.25, 0.3) is 10.9 Å². The lowest BCUT2D eigenvalue weighted by molar-refractivity contribution is -0.127. The maximum absolute atomic E-state index is 11.8. The maximum Gasteiger partial charge on any atom is 0.243 e. The number of nitrogens with one attached hydrogen (secondary N) is 3. The number of aromatic nitrogens is 1. The number of aryl methyl sites for hydroxylation is 1. The molecule has 6 nitrogen and oxygen atoms in total. The predicted octanol–water partition coefficient (Wildman–Crippen LogP) is 2.84. The third-order valence-corrected chi connectivity index (χ3v) is 4.13. The Morgan fingerprint density at radius 2 is 2.04 bits per heavy atom. The van der Waals surface area contributed by atoms with Crippen molar-refractivity contribution in [2.24, 2.45) is 4.99 Å². The minimum absolute atomic E-state index is 0. The fourth-order valence-corrected chi connectivity index (χ4v) is 2.58. The number of hydrogen-bond donors (Lipinski definition) is 3. The van der Waals surface area contributed by atoms with Gasteiger partial charge in [0, 0.05) is 44.3 Å². The second-order valence-corrected chi connectivity index (χ2v) is 6.75. The van der Waals surface area contributed by atoms with Gasteiger partial charge < -0.3 is 20.5 Å². The van der Waals surface area contributed by atoms with Gasteiger partial charge in [-0.15, -0.1) is 24.0 Å². The number of aromatic amines is 1. The summed E-state index contributed by atoms with van der Waals surface area (Å²) in [6, 6.07) is 6.32. The average molecular weight is 483 g/mol. The summed E-state index contributed by atoms with van der Waals surface area (Å²) in [4.78, 5) is 21.0. The summed E-state index contributed by atoms with van der Waals surface area (Å²) in [6.45, 7) is 9.40. The van der Waals surface area contributed by atoms with E-state index in [1.54, 1.807) is 14.1 Å². The number of rotatable bonds is 7. The van der Waals surface area contributed by atoms with Crippen LogP contribution < -0.4 is 10.6 Å². The van der Waals surface area contributed by atoms with Gasteiger partial charge in [0.1, 0.15) is 6.54 Å². The zero-order valence-corrected chi connectivity index (χ0v) is 18.9. The smallest absolute Gasteiger partial charge is 0.243 e. The van der Waals surface area contributed by atoms with Gasteiger partial charge in [-0.1, -0.05) is 30.4 Å². The minimum Gasteiger partial charge on any atom is -0.361 e. The zero-order chi connectivity index (χ0) is 19.1. The molecule has 0 aliphatic heterocycles. The van der Waals surface area contributed by atoms with Gasteiger partial charge in [0.25, 0.3) is 0 Å². The van der Waals surface area contributed by atoms with E-state index in [1.165, 1.54) is 26.9 Å². The number of carbonyl (C=O) groups excluding carboxylic acids is 1. The van der Waals surface area contributed by atoms with Crippen molar-refractivity contribution < 1.29 is 4.79 Å². The standard InChI is InChI=1S/C20H29N5O.HI/c1-14(2)11-23-20(24-13-18(26)25(4)5)21-10-9-16-12-22-19-15(3)7-6-8-17(16)19;/h6-8,12,22H,1,9-11,13H2,2-5H3,(H2,21,23,24);1H. The van der Waals surface area contributed by atoms with Crippen LogP contribution in [0.1, 0.15) is 18.1 Å². The number of guanidine groups is 1. The number of nitrogens with zero attached hydrogens (tertiary/aromatic N) is 2. The first-order valence-electron chi connectivity index (χ1n) is 8.80. The fourth-order valence-electron chi connectivity index (χ4n) is 2.58. The van der Waals surface area contributed by atoms with Crippen LogP contribution in [0.3, 0.4) is 0 Å². The molecule has 0 saturated carbocycles. The third kappa shape index (κ3) is 6.89. The van der Waals surface area contributed by atoms with E-state index in [2.05, 4.69) is 58.5 Å². The van der Waals surface area contributed by atoms with Gasteiger partial charge in [-0.05, 0) is 31.4 Å². The van der Waals surface area contributed by atoms with Gasteiger partial charge in [-0.3, -0.25) is 4.79 Å². The number of aliphatic imine (C=N–C) groups is 1. The number of halogens is 1. The quantitative estimate of drug-likeness (QED) is 0.246. The van der Waals surface area contributed by atoms with E-state index in [-0.39, 0.29) is 36.4 Å². The molecule has 0 radical (unpaired) electrons. The number of fused-ring (bicyclic) bond motifs is 1. The number of likely N-dealkylation sites (N-methyl/N-ethyl adjacent to an activating group) is 1. The molecule has 0 bridgehead atoms. The van der Waals surface area contributed by atoms with E-state index in [1.807, 2.05) is 6.92 Å². The van der Waals surface area contributed by atoms with Crippen molar-refractivity contribution in [3.8, 4) is 0 Å². The molecule has 0 fully saturated rings. The number of hydrogen-bond acceptors (Lipinski definition) is 2. The Labute approximate surface area is 178 Å². The molecule has 1 aromatic carbocycles. The number of benzene rings is 1. The van der Waals surface area contributed by atoms with Crippen molar-refractivity contribution in [1.82, 2.24) is 20.5 Å². The number of amides is 1. The second kappa shape index (κ2) is 11.0. The van der Waals surface area contributed by atoms with E-state index in [0.29, 0.717) is 12.5 Å². The number of para-hydroxylation sites is 1. The highest BCUT2D eigenvalue weighted by Crippen LogP contribution is 2.21. The highest BCUT2D eigenvalue weighted by atomic mass is 127. The Kier molecular flexibility index (Phi) is 9.34. The molecule has 7 heteroatoms. The molecule has 2 aromatic rings. The van der Waals surface area contributed by atoms with E-state index < -0.39 is 0 Å². The lowest BCUT2D eigenvalue weighted by atomic mass is 10.1. The van der Waals surface area contributed by atoms with Crippen molar-refractivity contribution in [2.45, 2.75) is 20.3 Å². The molecule has 0 atom stereocenters. The first-order chi connectivity index (χ1) is 12.4. The van der Waals surface area contributed by atoms with Crippen molar-refractivity contribution in [1.29, 1.82) is 0 Å². The van der Waals surface area contributed by atoms with E-state index in [0.717, 1.165) is 18.5 Å². The number of carbonyl (C=O) groups is 1.